The van der Waals surface area contributed by atoms with Gasteiger partial charge in [0.2, 0.25) is 11.8 Å². The lowest BCUT2D eigenvalue weighted by atomic mass is 10.2. The van der Waals surface area contributed by atoms with Crippen LogP contribution in [0.1, 0.15) is 6.42 Å². The number of carbonyl (C=O) groups excluding carboxylic acids is 1. The molecule has 7 heteroatoms. The Morgan fingerprint density at radius 2 is 2.04 bits per heavy atom. The molecule has 0 aliphatic rings. The van der Waals surface area contributed by atoms with Gasteiger partial charge in [0, 0.05) is 29.9 Å². The number of carbonyl (C=O) groups is 1. The number of methoxy groups -OCH3 is 1. The highest BCUT2D eigenvalue weighted by Crippen LogP contribution is 2.17. The quantitative estimate of drug-likeness (QED) is 0.753. The fourth-order valence-corrected chi connectivity index (χ4v) is 2.15. The molecule has 0 saturated carbocycles. The highest BCUT2D eigenvalue weighted by Gasteiger charge is 2.07. The van der Waals surface area contributed by atoms with Crippen LogP contribution in [0.4, 0.5) is 5.69 Å². The summed E-state index contributed by atoms with van der Waals surface area (Å²) in [5, 5.41) is 11.0. The van der Waals surface area contributed by atoms with Crippen molar-refractivity contribution in [3.05, 3.63) is 54.9 Å². The summed E-state index contributed by atoms with van der Waals surface area (Å²) < 4.78 is 6.67. The molecule has 0 saturated heterocycles. The van der Waals surface area contributed by atoms with Gasteiger partial charge in [-0.2, -0.15) is 0 Å². The Hall–Kier alpha value is -3.22. The van der Waals surface area contributed by atoms with Gasteiger partial charge in [-0.05, 0) is 18.2 Å². The SMILES string of the molecule is COc1ccc(-c2cn(CCC(=O)Nc3ccccc3)nn2)cn1. The number of para-hydroxylation sites is 1. The third-order valence-corrected chi connectivity index (χ3v) is 3.41. The van der Waals surface area contributed by atoms with Gasteiger partial charge >= 0.3 is 0 Å². The number of aromatic nitrogens is 4. The van der Waals surface area contributed by atoms with Gasteiger partial charge in [-0.1, -0.05) is 23.4 Å². The lowest BCUT2D eigenvalue weighted by Gasteiger charge is -2.04. The number of ether oxygens (including phenoxy) is 1. The zero-order valence-corrected chi connectivity index (χ0v) is 13.2. The fraction of sp³-hybridized carbons (Fsp3) is 0.176. The van der Waals surface area contributed by atoms with E-state index in [-0.39, 0.29) is 5.91 Å². The van der Waals surface area contributed by atoms with Crippen LogP contribution in [-0.2, 0) is 11.3 Å². The van der Waals surface area contributed by atoms with Gasteiger partial charge in [0.1, 0.15) is 5.69 Å². The Kier molecular flexibility index (Phi) is 4.81. The van der Waals surface area contributed by atoms with Crippen LogP contribution in [0.2, 0.25) is 0 Å². The molecule has 0 radical (unpaired) electrons. The molecule has 1 N–H and O–H groups in total. The van der Waals surface area contributed by atoms with Crippen molar-refractivity contribution < 1.29 is 9.53 Å². The van der Waals surface area contributed by atoms with E-state index in [1.807, 2.05) is 36.4 Å². The Morgan fingerprint density at radius 3 is 2.75 bits per heavy atom. The molecule has 122 valence electrons. The molecular formula is C17H17N5O2. The third kappa shape index (κ3) is 3.95. The van der Waals surface area contributed by atoms with Crippen LogP contribution in [-0.4, -0.2) is 33.0 Å². The second kappa shape index (κ2) is 7.36. The first-order valence-corrected chi connectivity index (χ1v) is 7.50. The van der Waals surface area contributed by atoms with E-state index in [9.17, 15) is 4.79 Å². The molecule has 2 heterocycles. The van der Waals surface area contributed by atoms with E-state index in [0.717, 1.165) is 11.3 Å². The van der Waals surface area contributed by atoms with Crippen LogP contribution < -0.4 is 10.1 Å². The average molecular weight is 323 g/mol. The molecule has 0 atom stereocenters. The number of nitrogens with zero attached hydrogens (tertiary/aromatic N) is 4. The van der Waals surface area contributed by atoms with Gasteiger partial charge in [0.05, 0.1) is 19.9 Å². The summed E-state index contributed by atoms with van der Waals surface area (Å²) in [4.78, 5) is 16.1. The molecule has 0 aliphatic carbocycles. The lowest BCUT2D eigenvalue weighted by Crippen LogP contribution is -2.14. The first kappa shape index (κ1) is 15.7. The number of rotatable bonds is 6. The summed E-state index contributed by atoms with van der Waals surface area (Å²) in [6, 6.07) is 13.0. The predicted molar refractivity (Wildman–Crippen MR) is 89.5 cm³/mol. The molecule has 0 unspecified atom stereocenters. The second-order valence-electron chi connectivity index (χ2n) is 5.12. The van der Waals surface area contributed by atoms with Crippen molar-refractivity contribution in [3.63, 3.8) is 0 Å². The lowest BCUT2D eigenvalue weighted by molar-refractivity contribution is -0.116. The molecule has 0 bridgehead atoms. The molecule has 24 heavy (non-hydrogen) atoms. The van der Waals surface area contributed by atoms with Crippen LogP contribution in [0.25, 0.3) is 11.3 Å². The van der Waals surface area contributed by atoms with Crippen molar-refractivity contribution in [2.24, 2.45) is 0 Å². The van der Waals surface area contributed by atoms with E-state index in [1.54, 1.807) is 30.3 Å². The fourth-order valence-electron chi connectivity index (χ4n) is 2.15. The van der Waals surface area contributed by atoms with E-state index < -0.39 is 0 Å². The van der Waals surface area contributed by atoms with Gasteiger partial charge in [-0.15, -0.1) is 5.10 Å². The maximum atomic E-state index is 11.9. The molecular weight excluding hydrogens is 306 g/mol. The normalized spacial score (nSPS) is 10.4. The molecule has 1 amide bonds. The minimum absolute atomic E-state index is 0.0654. The largest absolute Gasteiger partial charge is 0.481 e. The van der Waals surface area contributed by atoms with Crippen LogP contribution in [0, 0.1) is 0 Å². The summed E-state index contributed by atoms with van der Waals surface area (Å²) in [7, 11) is 1.57. The number of anilines is 1. The van der Waals surface area contributed by atoms with Crippen molar-refractivity contribution in [2.45, 2.75) is 13.0 Å². The monoisotopic (exact) mass is 323 g/mol. The van der Waals surface area contributed by atoms with Gasteiger partial charge in [0.25, 0.3) is 0 Å². The molecule has 3 aromatic rings. The first-order chi connectivity index (χ1) is 11.7. The topological polar surface area (TPSA) is 81.9 Å². The molecule has 7 nitrogen and oxygen atoms in total. The Balaban J connectivity index is 1.56. The average Bonchev–Trinajstić information content (AvgIpc) is 3.10. The summed E-state index contributed by atoms with van der Waals surface area (Å²) >= 11 is 0. The number of pyridine rings is 1. The van der Waals surface area contributed by atoms with Crippen molar-refractivity contribution in [3.8, 4) is 17.1 Å². The van der Waals surface area contributed by atoms with Crippen molar-refractivity contribution in [1.82, 2.24) is 20.0 Å². The second-order valence-corrected chi connectivity index (χ2v) is 5.12. The van der Waals surface area contributed by atoms with Gasteiger partial charge in [0.15, 0.2) is 0 Å². The van der Waals surface area contributed by atoms with E-state index >= 15 is 0 Å². The molecule has 1 aromatic carbocycles. The van der Waals surface area contributed by atoms with Crippen LogP contribution >= 0.6 is 0 Å². The summed E-state index contributed by atoms with van der Waals surface area (Å²) in [6.07, 6.45) is 3.78. The minimum atomic E-state index is -0.0654. The Morgan fingerprint density at radius 1 is 1.21 bits per heavy atom. The maximum absolute atomic E-state index is 11.9. The Labute approximate surface area is 139 Å². The Bertz CT molecular complexity index is 799. The van der Waals surface area contributed by atoms with E-state index in [4.69, 9.17) is 4.74 Å². The molecule has 0 spiro atoms. The van der Waals surface area contributed by atoms with Crippen LogP contribution in [0.15, 0.2) is 54.9 Å². The van der Waals surface area contributed by atoms with Gasteiger partial charge in [-0.3, -0.25) is 9.48 Å². The van der Waals surface area contributed by atoms with Crippen molar-refractivity contribution >= 4 is 11.6 Å². The smallest absolute Gasteiger partial charge is 0.226 e. The molecule has 0 fully saturated rings. The number of amides is 1. The van der Waals surface area contributed by atoms with Crippen molar-refractivity contribution in [1.29, 1.82) is 0 Å². The summed E-state index contributed by atoms with van der Waals surface area (Å²) in [6.45, 7) is 0.454. The van der Waals surface area contributed by atoms with E-state index in [1.165, 1.54) is 0 Å². The zero-order valence-electron chi connectivity index (χ0n) is 13.2. The molecule has 3 rings (SSSR count). The summed E-state index contributed by atoms with van der Waals surface area (Å²) in [5.74, 6) is 0.480. The zero-order chi connectivity index (χ0) is 16.8. The summed E-state index contributed by atoms with van der Waals surface area (Å²) in [5.41, 5.74) is 2.33. The van der Waals surface area contributed by atoms with E-state index in [0.29, 0.717) is 24.5 Å². The van der Waals surface area contributed by atoms with Gasteiger partial charge < -0.3 is 10.1 Å². The minimum Gasteiger partial charge on any atom is -0.481 e. The third-order valence-electron chi connectivity index (χ3n) is 3.41. The number of hydrogen-bond acceptors (Lipinski definition) is 5. The van der Waals surface area contributed by atoms with E-state index in [2.05, 4.69) is 20.6 Å². The van der Waals surface area contributed by atoms with Gasteiger partial charge in [-0.25, -0.2) is 4.98 Å². The number of aryl methyl sites for hydroxylation is 1. The first-order valence-electron chi connectivity index (χ1n) is 7.50. The van der Waals surface area contributed by atoms with Crippen LogP contribution in [0.3, 0.4) is 0 Å². The predicted octanol–water partition coefficient (Wildman–Crippen LogP) is 2.38. The standard InChI is InChI=1S/C17H17N5O2/c1-24-17-8-7-13(11-18-17)15-12-22(21-20-15)10-9-16(23)19-14-5-3-2-4-6-14/h2-8,11-12H,9-10H2,1H3,(H,19,23). The highest BCUT2D eigenvalue weighted by molar-refractivity contribution is 5.90. The molecule has 0 aliphatic heterocycles. The van der Waals surface area contributed by atoms with Crippen LogP contribution in [0.5, 0.6) is 5.88 Å². The highest BCUT2D eigenvalue weighted by atomic mass is 16.5. The van der Waals surface area contributed by atoms with Crippen molar-refractivity contribution in [2.75, 3.05) is 12.4 Å². The number of benzene rings is 1. The number of hydrogen-bond donors (Lipinski definition) is 1. The maximum Gasteiger partial charge on any atom is 0.226 e. The number of nitrogens with one attached hydrogen (secondary N) is 1. The molecule has 2 aromatic heterocycles.